The largest absolute Gasteiger partial charge is 0.382 e. The fourth-order valence-corrected chi connectivity index (χ4v) is 6.21. The van der Waals surface area contributed by atoms with Crippen LogP contribution in [0.3, 0.4) is 0 Å². The van der Waals surface area contributed by atoms with E-state index in [1.165, 1.54) is 56.9 Å². The average Bonchev–Trinajstić information content (AvgIpc) is 3.42. The number of aryl methyl sites for hydroxylation is 1. The molecule has 3 aromatic rings. The van der Waals surface area contributed by atoms with E-state index in [2.05, 4.69) is 56.2 Å². The van der Waals surface area contributed by atoms with E-state index in [9.17, 15) is 10.1 Å². The highest BCUT2D eigenvalue weighted by molar-refractivity contribution is 5.95. The lowest BCUT2D eigenvalue weighted by molar-refractivity contribution is 0.0685. The minimum atomic E-state index is -0.138. The third kappa shape index (κ3) is 7.35. The Bertz CT molecular complexity index is 1360. The molecule has 8 nitrogen and oxygen atoms in total. The number of hydrogen-bond donors (Lipinski definition) is 3. The fraction of sp³-hybridized carbons (Fsp3) is 0.441. The predicted octanol–water partition coefficient (Wildman–Crippen LogP) is 5.88. The molecule has 2 aromatic carbocycles. The van der Waals surface area contributed by atoms with Gasteiger partial charge in [0.2, 0.25) is 0 Å². The summed E-state index contributed by atoms with van der Waals surface area (Å²) < 4.78 is 0. The van der Waals surface area contributed by atoms with Crippen molar-refractivity contribution in [1.82, 2.24) is 25.6 Å². The van der Waals surface area contributed by atoms with E-state index in [4.69, 9.17) is 0 Å². The van der Waals surface area contributed by atoms with Gasteiger partial charge in [-0.1, -0.05) is 50.7 Å². The molecule has 3 N–H and O–H groups in total. The number of amides is 1. The first-order valence-corrected chi connectivity index (χ1v) is 15.3. The van der Waals surface area contributed by atoms with Crippen molar-refractivity contribution in [1.29, 1.82) is 5.26 Å². The SMILES string of the molecule is Cc1ccc(C#N)cc1CNC(=O)c1cccc(NCC2NN(C3CCCCCCCC3)C(c3ccncc3)N2C)c1. The van der Waals surface area contributed by atoms with Crippen LogP contribution in [0.5, 0.6) is 0 Å². The zero-order valence-electron chi connectivity index (χ0n) is 24.9. The first-order valence-electron chi connectivity index (χ1n) is 15.3. The van der Waals surface area contributed by atoms with Gasteiger partial charge in [-0.2, -0.15) is 5.26 Å². The predicted molar refractivity (Wildman–Crippen MR) is 166 cm³/mol. The zero-order valence-corrected chi connectivity index (χ0v) is 24.9. The van der Waals surface area contributed by atoms with E-state index in [0.717, 1.165) is 16.8 Å². The Morgan fingerprint density at radius 3 is 2.50 bits per heavy atom. The number of hydrazine groups is 1. The lowest BCUT2D eigenvalue weighted by Gasteiger charge is -2.34. The third-order valence-electron chi connectivity index (χ3n) is 8.70. The van der Waals surface area contributed by atoms with Gasteiger partial charge in [-0.25, -0.2) is 10.4 Å². The molecule has 1 saturated carbocycles. The monoisotopic (exact) mass is 565 g/mol. The van der Waals surface area contributed by atoms with E-state index in [-0.39, 0.29) is 18.2 Å². The summed E-state index contributed by atoms with van der Waals surface area (Å²) >= 11 is 0. The minimum Gasteiger partial charge on any atom is -0.382 e. The Morgan fingerprint density at radius 2 is 1.76 bits per heavy atom. The average molecular weight is 566 g/mol. The molecule has 8 heteroatoms. The molecule has 0 spiro atoms. The summed E-state index contributed by atoms with van der Waals surface area (Å²) in [5.74, 6) is -0.138. The highest BCUT2D eigenvalue weighted by atomic mass is 16.1. The highest BCUT2D eigenvalue weighted by Crippen LogP contribution is 2.34. The molecular weight excluding hydrogens is 522 g/mol. The molecule has 0 bridgehead atoms. The van der Waals surface area contributed by atoms with Crippen LogP contribution in [0.2, 0.25) is 0 Å². The van der Waals surface area contributed by atoms with Crippen LogP contribution in [-0.4, -0.2) is 46.6 Å². The van der Waals surface area contributed by atoms with Crippen molar-refractivity contribution in [3.63, 3.8) is 0 Å². The molecule has 2 aliphatic rings. The number of nitriles is 1. The Kier molecular flexibility index (Phi) is 10.2. The maximum Gasteiger partial charge on any atom is 0.251 e. The smallest absolute Gasteiger partial charge is 0.251 e. The zero-order chi connectivity index (χ0) is 29.3. The number of rotatable bonds is 8. The molecule has 1 aliphatic carbocycles. The van der Waals surface area contributed by atoms with E-state index in [0.29, 0.717) is 30.3 Å². The second-order valence-electron chi connectivity index (χ2n) is 11.6. The van der Waals surface area contributed by atoms with E-state index < -0.39 is 0 Å². The van der Waals surface area contributed by atoms with Crippen molar-refractivity contribution in [3.05, 3.63) is 94.8 Å². The Labute approximate surface area is 250 Å². The van der Waals surface area contributed by atoms with Crippen LogP contribution in [0.4, 0.5) is 5.69 Å². The Hall–Kier alpha value is -3.77. The minimum absolute atomic E-state index is 0.0867. The van der Waals surface area contributed by atoms with Crippen molar-refractivity contribution in [2.45, 2.75) is 83.2 Å². The second-order valence-corrected chi connectivity index (χ2v) is 11.6. The summed E-state index contributed by atoms with van der Waals surface area (Å²) in [6.07, 6.45) is 14.3. The second kappa shape index (κ2) is 14.4. The van der Waals surface area contributed by atoms with Gasteiger partial charge in [0.25, 0.3) is 5.91 Å². The van der Waals surface area contributed by atoms with Crippen molar-refractivity contribution >= 4 is 11.6 Å². The van der Waals surface area contributed by atoms with Gasteiger partial charge >= 0.3 is 0 Å². The molecule has 5 rings (SSSR count). The maximum atomic E-state index is 13.0. The van der Waals surface area contributed by atoms with Crippen LogP contribution in [0.1, 0.15) is 90.1 Å². The molecule has 2 fully saturated rings. The molecule has 2 unspecified atom stereocenters. The van der Waals surface area contributed by atoms with Crippen molar-refractivity contribution < 1.29 is 4.79 Å². The maximum absolute atomic E-state index is 13.0. The number of anilines is 1. The van der Waals surface area contributed by atoms with Gasteiger partial charge in [-0.15, -0.1) is 0 Å². The molecule has 2 atom stereocenters. The summed E-state index contributed by atoms with van der Waals surface area (Å²) in [4.78, 5) is 19.7. The number of nitrogens with zero attached hydrogens (tertiary/aromatic N) is 4. The van der Waals surface area contributed by atoms with Crippen molar-refractivity contribution in [2.24, 2.45) is 0 Å². The highest BCUT2D eigenvalue weighted by Gasteiger charge is 2.40. The molecular formula is C34H43N7O. The van der Waals surface area contributed by atoms with Crippen molar-refractivity contribution in [3.8, 4) is 6.07 Å². The normalized spacial score (nSPS) is 20.7. The van der Waals surface area contributed by atoms with Gasteiger partial charge in [0.1, 0.15) is 6.17 Å². The summed E-state index contributed by atoms with van der Waals surface area (Å²) in [5, 5.41) is 18.3. The first kappa shape index (κ1) is 29.7. The lowest BCUT2D eigenvalue weighted by Crippen LogP contribution is -2.46. The van der Waals surface area contributed by atoms with Gasteiger partial charge in [-0.3, -0.25) is 14.7 Å². The van der Waals surface area contributed by atoms with Gasteiger partial charge in [-0.05, 0) is 86.0 Å². The number of hydrogen-bond acceptors (Lipinski definition) is 7. The van der Waals surface area contributed by atoms with Crippen molar-refractivity contribution in [2.75, 3.05) is 18.9 Å². The van der Waals surface area contributed by atoms with Crippen LogP contribution in [-0.2, 0) is 6.54 Å². The summed E-state index contributed by atoms with van der Waals surface area (Å²) in [6, 6.07) is 20.1. The number of aromatic nitrogens is 1. The van der Waals surface area contributed by atoms with Gasteiger partial charge < -0.3 is 10.6 Å². The lowest BCUT2D eigenvalue weighted by atomic mass is 10.0. The van der Waals surface area contributed by atoms with Crippen LogP contribution in [0.25, 0.3) is 0 Å². The molecule has 2 heterocycles. The molecule has 0 radical (unpaired) electrons. The number of carbonyl (C=O) groups excluding carboxylic acids is 1. The standard InChI is InChI=1S/C34H43N7O/c1-25-14-15-26(22-35)20-29(25)23-38-33(42)28-10-9-11-30(21-28)37-24-32-39-41(31-12-7-5-3-4-6-8-13-31)34(40(32)2)27-16-18-36-19-17-27/h9-11,14-21,31-32,34,37,39H,3-8,12-13,23-24H2,1-2H3,(H,38,42). The third-order valence-corrected chi connectivity index (χ3v) is 8.70. The summed E-state index contributed by atoms with van der Waals surface area (Å²) in [5.41, 5.74) is 9.20. The fourth-order valence-electron chi connectivity index (χ4n) is 6.21. The van der Waals surface area contributed by atoms with Crippen LogP contribution >= 0.6 is 0 Å². The Balaban J connectivity index is 1.24. The quantitative estimate of drug-likeness (QED) is 0.314. The molecule has 220 valence electrons. The van der Waals surface area contributed by atoms with E-state index >= 15 is 0 Å². The Morgan fingerprint density at radius 1 is 1.02 bits per heavy atom. The summed E-state index contributed by atoms with van der Waals surface area (Å²) in [6.45, 7) is 3.05. The molecule has 1 aromatic heterocycles. The topological polar surface area (TPSA) is 96.3 Å². The molecule has 1 amide bonds. The number of benzene rings is 2. The van der Waals surface area contributed by atoms with Gasteiger partial charge in [0.15, 0.2) is 0 Å². The van der Waals surface area contributed by atoms with Crippen LogP contribution < -0.4 is 16.1 Å². The molecule has 1 aliphatic heterocycles. The van der Waals surface area contributed by atoms with Gasteiger partial charge in [0, 0.05) is 42.8 Å². The van der Waals surface area contributed by atoms with Crippen LogP contribution in [0, 0.1) is 18.3 Å². The molecule has 42 heavy (non-hydrogen) atoms. The number of likely N-dealkylation sites (N-methyl/N-ethyl adjacent to an activating group) is 1. The van der Waals surface area contributed by atoms with E-state index in [1.807, 2.05) is 55.7 Å². The van der Waals surface area contributed by atoms with Gasteiger partial charge in [0.05, 0.1) is 17.8 Å². The number of carbonyl (C=O) groups is 1. The number of nitrogens with one attached hydrogen (secondary N) is 3. The number of pyridine rings is 1. The van der Waals surface area contributed by atoms with Crippen LogP contribution in [0.15, 0.2) is 67.0 Å². The summed E-state index contributed by atoms with van der Waals surface area (Å²) in [7, 11) is 2.19. The van der Waals surface area contributed by atoms with E-state index in [1.54, 1.807) is 6.07 Å². The molecule has 1 saturated heterocycles. The first-order chi connectivity index (χ1) is 20.5.